The van der Waals surface area contributed by atoms with Gasteiger partial charge in [-0.05, 0) is 25.9 Å². The molecule has 0 radical (unpaired) electrons. The van der Waals surface area contributed by atoms with Gasteiger partial charge in [-0.25, -0.2) is 9.69 Å². The lowest BCUT2D eigenvalue weighted by atomic mass is 10.2. The van der Waals surface area contributed by atoms with Crippen LogP contribution in [0.1, 0.15) is 32.7 Å². The van der Waals surface area contributed by atoms with Crippen molar-refractivity contribution in [1.82, 2.24) is 10.1 Å². The number of carbonyl (C=O) groups excluding carboxylic acids is 1. The van der Waals surface area contributed by atoms with Gasteiger partial charge in [-0.1, -0.05) is 0 Å². The first-order valence-corrected chi connectivity index (χ1v) is 6.04. The van der Waals surface area contributed by atoms with Gasteiger partial charge in [-0.15, -0.1) is 0 Å². The summed E-state index contributed by atoms with van der Waals surface area (Å²) in [6.45, 7) is 5.33. The van der Waals surface area contributed by atoms with Crippen LogP contribution < -0.4 is 10.6 Å². The van der Waals surface area contributed by atoms with Gasteiger partial charge in [0.1, 0.15) is 5.60 Å². The number of thiol groups is 1. The average molecular weight is 274 g/mol. The summed E-state index contributed by atoms with van der Waals surface area (Å²) in [6.07, 6.45) is -0.561. The summed E-state index contributed by atoms with van der Waals surface area (Å²) in [6, 6.07) is -0.457. The lowest BCUT2D eigenvalue weighted by Gasteiger charge is -2.22. The Hall–Kier alpha value is -1.28. The molecule has 0 aliphatic heterocycles. The molecule has 0 saturated heterocycles. The molecule has 1 aromatic heterocycles. The standard InChI is InChI=1S/C10H18N4O3S/c1-10(2,3)16-9(15)14(4)8-12-7(17-13-8)6(11)5-18/h6,18H,5,11H2,1-4H3/t6-/m1/s1. The van der Waals surface area contributed by atoms with Crippen LogP contribution in [-0.2, 0) is 4.74 Å². The van der Waals surface area contributed by atoms with Gasteiger partial charge in [0.15, 0.2) is 0 Å². The number of hydrogen-bond donors (Lipinski definition) is 2. The minimum absolute atomic E-state index is 0.108. The second-order valence-electron chi connectivity index (χ2n) is 4.76. The van der Waals surface area contributed by atoms with Crippen molar-refractivity contribution in [2.24, 2.45) is 5.73 Å². The van der Waals surface area contributed by atoms with E-state index in [1.165, 1.54) is 7.05 Å². The first kappa shape index (κ1) is 14.8. The number of hydrogen-bond acceptors (Lipinski definition) is 7. The second kappa shape index (κ2) is 5.57. The minimum Gasteiger partial charge on any atom is -0.443 e. The Morgan fingerprint density at radius 1 is 1.61 bits per heavy atom. The third-order valence-electron chi connectivity index (χ3n) is 1.91. The summed E-state index contributed by atoms with van der Waals surface area (Å²) in [5.74, 6) is 0.713. The molecule has 18 heavy (non-hydrogen) atoms. The molecule has 7 nitrogen and oxygen atoms in total. The Labute approximate surface area is 111 Å². The molecule has 1 aromatic rings. The number of aromatic nitrogens is 2. The highest BCUT2D eigenvalue weighted by atomic mass is 32.1. The van der Waals surface area contributed by atoms with Crippen LogP contribution in [0.2, 0.25) is 0 Å². The zero-order valence-corrected chi connectivity index (χ0v) is 11.8. The van der Waals surface area contributed by atoms with E-state index in [1.54, 1.807) is 20.8 Å². The summed E-state index contributed by atoms with van der Waals surface area (Å²) in [7, 11) is 1.49. The van der Waals surface area contributed by atoms with Crippen molar-refractivity contribution in [2.75, 3.05) is 17.7 Å². The van der Waals surface area contributed by atoms with E-state index >= 15 is 0 Å². The maximum atomic E-state index is 11.7. The number of nitrogens with zero attached hydrogens (tertiary/aromatic N) is 3. The molecule has 8 heteroatoms. The number of amides is 1. The molecule has 1 amide bonds. The molecule has 1 heterocycles. The number of carbonyl (C=O) groups is 1. The molecular weight excluding hydrogens is 256 g/mol. The van der Waals surface area contributed by atoms with Gasteiger partial charge in [0.05, 0.1) is 6.04 Å². The molecule has 0 aliphatic rings. The number of anilines is 1. The van der Waals surface area contributed by atoms with Crippen LogP contribution in [-0.4, -0.2) is 34.6 Å². The summed E-state index contributed by atoms with van der Waals surface area (Å²) in [4.78, 5) is 16.9. The quantitative estimate of drug-likeness (QED) is 0.808. The van der Waals surface area contributed by atoms with Crippen molar-refractivity contribution in [3.8, 4) is 0 Å². The first-order valence-electron chi connectivity index (χ1n) is 5.41. The van der Waals surface area contributed by atoms with Crippen LogP contribution in [0.5, 0.6) is 0 Å². The van der Waals surface area contributed by atoms with E-state index in [4.69, 9.17) is 15.0 Å². The van der Waals surface area contributed by atoms with Crippen LogP contribution >= 0.6 is 12.6 Å². The number of nitrogens with two attached hydrogens (primary N) is 1. The Morgan fingerprint density at radius 2 is 2.22 bits per heavy atom. The van der Waals surface area contributed by atoms with E-state index in [0.29, 0.717) is 5.75 Å². The summed E-state index contributed by atoms with van der Waals surface area (Å²) < 4.78 is 10.1. The van der Waals surface area contributed by atoms with Crippen molar-refractivity contribution in [3.05, 3.63) is 5.89 Å². The molecule has 0 aliphatic carbocycles. The molecule has 102 valence electrons. The summed E-state index contributed by atoms with van der Waals surface area (Å²) >= 11 is 4.03. The number of rotatable bonds is 3. The highest BCUT2D eigenvalue weighted by Gasteiger charge is 2.24. The van der Waals surface area contributed by atoms with Gasteiger partial charge in [0, 0.05) is 12.8 Å². The Balaban J connectivity index is 2.75. The van der Waals surface area contributed by atoms with E-state index in [-0.39, 0.29) is 11.8 Å². The lowest BCUT2D eigenvalue weighted by Crippen LogP contribution is -2.34. The predicted molar refractivity (Wildman–Crippen MR) is 69.7 cm³/mol. The average Bonchev–Trinajstić information content (AvgIpc) is 2.73. The SMILES string of the molecule is CN(C(=O)OC(C)(C)C)c1noc([C@H](N)CS)n1. The fourth-order valence-electron chi connectivity index (χ4n) is 1.00. The molecule has 0 aromatic carbocycles. The molecule has 0 spiro atoms. The Bertz CT molecular complexity index is 416. The maximum absolute atomic E-state index is 11.7. The van der Waals surface area contributed by atoms with Gasteiger partial charge < -0.3 is 15.0 Å². The highest BCUT2D eigenvalue weighted by Crippen LogP contribution is 2.16. The van der Waals surface area contributed by atoms with Gasteiger partial charge in [0.2, 0.25) is 5.89 Å². The van der Waals surface area contributed by atoms with E-state index in [0.717, 1.165) is 4.90 Å². The van der Waals surface area contributed by atoms with E-state index < -0.39 is 17.7 Å². The van der Waals surface area contributed by atoms with E-state index in [1.807, 2.05) is 0 Å². The zero-order chi connectivity index (χ0) is 13.9. The van der Waals surface area contributed by atoms with Gasteiger partial charge in [0.25, 0.3) is 5.95 Å². The molecule has 1 atom stereocenters. The summed E-state index contributed by atoms with van der Waals surface area (Å²) in [5, 5.41) is 3.66. The van der Waals surface area contributed by atoms with Crippen molar-refractivity contribution < 1.29 is 14.1 Å². The van der Waals surface area contributed by atoms with Gasteiger partial charge in [-0.2, -0.15) is 17.6 Å². The van der Waals surface area contributed by atoms with E-state index in [2.05, 4.69) is 22.8 Å². The molecule has 0 unspecified atom stereocenters. The second-order valence-corrected chi connectivity index (χ2v) is 5.13. The Kier molecular flexibility index (Phi) is 4.58. The van der Waals surface area contributed by atoms with Gasteiger partial charge in [-0.3, -0.25) is 0 Å². The molecule has 0 fully saturated rings. The molecule has 0 bridgehead atoms. The largest absolute Gasteiger partial charge is 0.443 e. The minimum atomic E-state index is -0.584. The highest BCUT2D eigenvalue weighted by molar-refractivity contribution is 7.80. The van der Waals surface area contributed by atoms with Crippen LogP contribution in [0.4, 0.5) is 10.7 Å². The first-order chi connectivity index (χ1) is 8.24. The lowest BCUT2D eigenvalue weighted by molar-refractivity contribution is 0.0586. The molecule has 2 N–H and O–H groups in total. The zero-order valence-electron chi connectivity index (χ0n) is 10.9. The third-order valence-corrected chi connectivity index (χ3v) is 2.31. The molecule has 1 rings (SSSR count). The fraction of sp³-hybridized carbons (Fsp3) is 0.700. The monoisotopic (exact) mass is 274 g/mol. The van der Waals surface area contributed by atoms with Crippen molar-refractivity contribution >= 4 is 24.7 Å². The van der Waals surface area contributed by atoms with Gasteiger partial charge >= 0.3 is 6.09 Å². The number of ether oxygens (including phenoxy) is 1. The van der Waals surface area contributed by atoms with Crippen LogP contribution in [0.3, 0.4) is 0 Å². The predicted octanol–water partition coefficient (Wildman–Crippen LogP) is 1.37. The third kappa shape index (κ3) is 3.88. The maximum Gasteiger partial charge on any atom is 0.417 e. The van der Waals surface area contributed by atoms with Crippen LogP contribution in [0.25, 0.3) is 0 Å². The smallest absolute Gasteiger partial charge is 0.417 e. The normalized spacial score (nSPS) is 13.2. The summed E-state index contributed by atoms with van der Waals surface area (Å²) in [5.41, 5.74) is 5.09. The molecular formula is C10H18N4O3S. The molecule has 0 saturated carbocycles. The fourth-order valence-corrected chi connectivity index (χ4v) is 1.16. The van der Waals surface area contributed by atoms with E-state index in [9.17, 15) is 4.79 Å². The van der Waals surface area contributed by atoms with Crippen molar-refractivity contribution in [1.29, 1.82) is 0 Å². The van der Waals surface area contributed by atoms with Crippen molar-refractivity contribution in [3.63, 3.8) is 0 Å². The van der Waals surface area contributed by atoms with Crippen LogP contribution in [0.15, 0.2) is 4.52 Å². The topological polar surface area (TPSA) is 94.5 Å². The van der Waals surface area contributed by atoms with Crippen LogP contribution in [0, 0.1) is 0 Å². The Morgan fingerprint density at radius 3 is 2.72 bits per heavy atom. The van der Waals surface area contributed by atoms with Crippen molar-refractivity contribution in [2.45, 2.75) is 32.4 Å².